The van der Waals surface area contributed by atoms with E-state index in [-0.39, 0.29) is 11.5 Å². The Morgan fingerprint density at radius 3 is 2.38 bits per heavy atom. The molecular weight excluding hydrogens is 228 g/mol. The van der Waals surface area contributed by atoms with Crippen LogP contribution in [0.4, 0.5) is 0 Å². The van der Waals surface area contributed by atoms with Gasteiger partial charge in [0.1, 0.15) is 9.84 Å². The molecule has 96 valence electrons. The minimum Gasteiger partial charge on any atom is -0.390 e. The molecule has 1 rings (SSSR count). The normalized spacial score (nSPS) is 22.2. The molecule has 0 saturated heterocycles. The molecule has 1 atom stereocenters. The first-order valence-electron chi connectivity index (χ1n) is 6.00. The van der Waals surface area contributed by atoms with E-state index in [1.54, 1.807) is 6.92 Å². The maximum Gasteiger partial charge on any atom is 0.150 e. The predicted molar refractivity (Wildman–Crippen MR) is 63.0 cm³/mol. The highest BCUT2D eigenvalue weighted by Crippen LogP contribution is 2.33. The van der Waals surface area contributed by atoms with Crippen LogP contribution in [0.5, 0.6) is 0 Å². The summed E-state index contributed by atoms with van der Waals surface area (Å²) in [7, 11) is -2.95. The third kappa shape index (κ3) is 3.71. The monoisotopic (exact) mass is 250 g/mol. The van der Waals surface area contributed by atoms with Gasteiger partial charge >= 0.3 is 0 Å². The molecule has 2 N–H and O–H groups in total. The molecule has 0 radical (unpaired) electrons. The summed E-state index contributed by atoms with van der Waals surface area (Å²) in [5, 5.41) is 19.9. The van der Waals surface area contributed by atoms with Crippen LogP contribution in [0.15, 0.2) is 0 Å². The fraction of sp³-hybridized carbons (Fsp3) is 1.00. The minimum absolute atomic E-state index is 0.108. The van der Waals surface area contributed by atoms with Crippen LogP contribution >= 0.6 is 0 Å². The Morgan fingerprint density at radius 1 is 1.31 bits per heavy atom. The average molecular weight is 250 g/mol. The number of hydrogen-bond acceptors (Lipinski definition) is 4. The van der Waals surface area contributed by atoms with E-state index in [1.165, 1.54) is 0 Å². The highest BCUT2D eigenvalue weighted by atomic mass is 32.2. The lowest BCUT2D eigenvalue weighted by molar-refractivity contribution is -0.0729. The number of rotatable bonds is 6. The first kappa shape index (κ1) is 13.9. The highest BCUT2D eigenvalue weighted by molar-refractivity contribution is 7.91. The van der Waals surface area contributed by atoms with Gasteiger partial charge in [-0.3, -0.25) is 0 Å². The van der Waals surface area contributed by atoms with Gasteiger partial charge in [0.05, 0.1) is 17.5 Å². The van der Waals surface area contributed by atoms with Crippen LogP contribution in [0.1, 0.15) is 45.4 Å². The lowest BCUT2D eigenvalue weighted by Gasteiger charge is -2.28. The number of aliphatic hydroxyl groups excluding tert-OH is 1. The van der Waals surface area contributed by atoms with Gasteiger partial charge in [-0.15, -0.1) is 0 Å². The van der Waals surface area contributed by atoms with Gasteiger partial charge < -0.3 is 10.2 Å². The van der Waals surface area contributed by atoms with Crippen molar-refractivity contribution in [2.75, 3.05) is 11.5 Å². The first-order valence-corrected chi connectivity index (χ1v) is 7.82. The van der Waals surface area contributed by atoms with E-state index in [4.69, 9.17) is 0 Å². The summed E-state index contributed by atoms with van der Waals surface area (Å²) in [6, 6.07) is 0. The van der Waals surface area contributed by atoms with E-state index < -0.39 is 21.5 Å². The highest BCUT2D eigenvalue weighted by Gasteiger charge is 2.37. The van der Waals surface area contributed by atoms with Gasteiger partial charge in [-0.25, -0.2) is 8.42 Å². The van der Waals surface area contributed by atoms with Gasteiger partial charge in [0.25, 0.3) is 0 Å². The SMILES string of the molecule is CCS(=O)(=O)CCCC(O)C1(O)CCCC1. The quantitative estimate of drug-likeness (QED) is 0.733. The smallest absolute Gasteiger partial charge is 0.150 e. The number of hydrogen-bond donors (Lipinski definition) is 2. The molecule has 0 amide bonds. The van der Waals surface area contributed by atoms with Crippen molar-refractivity contribution in [3.63, 3.8) is 0 Å². The molecule has 0 aromatic heterocycles. The van der Waals surface area contributed by atoms with Crippen LogP contribution in [0.3, 0.4) is 0 Å². The van der Waals surface area contributed by atoms with Gasteiger partial charge in [0.15, 0.2) is 0 Å². The zero-order valence-electron chi connectivity index (χ0n) is 9.85. The molecule has 16 heavy (non-hydrogen) atoms. The maximum atomic E-state index is 11.2. The largest absolute Gasteiger partial charge is 0.390 e. The topological polar surface area (TPSA) is 74.6 Å². The fourth-order valence-corrected chi connectivity index (χ4v) is 3.13. The Kier molecular flexibility index (Phi) is 4.76. The molecular formula is C11H22O4S. The third-order valence-electron chi connectivity index (χ3n) is 3.46. The summed E-state index contributed by atoms with van der Waals surface area (Å²) < 4.78 is 22.5. The molecule has 0 aromatic rings. The van der Waals surface area contributed by atoms with Gasteiger partial charge in [-0.1, -0.05) is 19.8 Å². The first-order chi connectivity index (χ1) is 7.40. The van der Waals surface area contributed by atoms with Crippen LogP contribution in [-0.4, -0.2) is 41.8 Å². The zero-order chi connectivity index (χ0) is 12.2. The van der Waals surface area contributed by atoms with E-state index in [2.05, 4.69) is 0 Å². The minimum atomic E-state index is -2.95. The van der Waals surface area contributed by atoms with Crippen molar-refractivity contribution in [1.29, 1.82) is 0 Å². The number of aliphatic hydroxyl groups is 2. The van der Waals surface area contributed by atoms with Gasteiger partial charge in [0, 0.05) is 5.75 Å². The zero-order valence-corrected chi connectivity index (χ0v) is 10.7. The van der Waals surface area contributed by atoms with Crippen molar-refractivity contribution in [1.82, 2.24) is 0 Å². The van der Waals surface area contributed by atoms with Crippen LogP contribution in [-0.2, 0) is 9.84 Å². The second kappa shape index (κ2) is 5.47. The van der Waals surface area contributed by atoms with E-state index in [0.29, 0.717) is 25.7 Å². The molecule has 0 aliphatic heterocycles. The van der Waals surface area contributed by atoms with E-state index in [9.17, 15) is 18.6 Å². The van der Waals surface area contributed by atoms with Gasteiger partial charge in [-0.05, 0) is 25.7 Å². The molecule has 5 heteroatoms. The third-order valence-corrected chi connectivity index (χ3v) is 5.25. The number of sulfone groups is 1. The Labute approximate surface area is 97.6 Å². The molecule has 0 heterocycles. The van der Waals surface area contributed by atoms with E-state index in [0.717, 1.165) is 12.8 Å². The Bertz CT molecular complexity index is 304. The molecule has 1 aliphatic carbocycles. The molecule has 1 fully saturated rings. The second-order valence-corrected chi connectivity index (χ2v) is 7.18. The summed E-state index contributed by atoms with van der Waals surface area (Å²) in [6.07, 6.45) is 3.18. The summed E-state index contributed by atoms with van der Waals surface area (Å²) in [5.74, 6) is 0.254. The molecule has 0 bridgehead atoms. The van der Waals surface area contributed by atoms with Crippen molar-refractivity contribution in [3.8, 4) is 0 Å². The van der Waals surface area contributed by atoms with Gasteiger partial charge in [-0.2, -0.15) is 0 Å². The summed E-state index contributed by atoms with van der Waals surface area (Å²) in [4.78, 5) is 0. The van der Waals surface area contributed by atoms with Crippen molar-refractivity contribution in [2.45, 2.75) is 57.2 Å². The molecule has 0 aromatic carbocycles. The molecule has 1 aliphatic rings. The Balaban J connectivity index is 2.33. The molecule has 1 unspecified atom stereocenters. The summed E-state index contributed by atoms with van der Waals surface area (Å²) >= 11 is 0. The van der Waals surface area contributed by atoms with Crippen LogP contribution < -0.4 is 0 Å². The van der Waals surface area contributed by atoms with Crippen LogP contribution in [0.2, 0.25) is 0 Å². The lowest BCUT2D eigenvalue weighted by atomic mass is 9.92. The summed E-state index contributed by atoms with van der Waals surface area (Å²) in [6.45, 7) is 1.62. The van der Waals surface area contributed by atoms with Crippen LogP contribution in [0.25, 0.3) is 0 Å². The van der Waals surface area contributed by atoms with E-state index >= 15 is 0 Å². The molecule has 4 nitrogen and oxygen atoms in total. The molecule has 0 spiro atoms. The van der Waals surface area contributed by atoms with Crippen molar-refractivity contribution >= 4 is 9.84 Å². The van der Waals surface area contributed by atoms with E-state index in [1.807, 2.05) is 0 Å². The Morgan fingerprint density at radius 2 is 1.88 bits per heavy atom. The van der Waals surface area contributed by atoms with Crippen LogP contribution in [0, 0.1) is 0 Å². The second-order valence-electron chi connectivity index (χ2n) is 4.71. The van der Waals surface area contributed by atoms with Gasteiger partial charge in [0.2, 0.25) is 0 Å². The fourth-order valence-electron chi connectivity index (χ4n) is 2.23. The van der Waals surface area contributed by atoms with Crippen molar-refractivity contribution in [2.24, 2.45) is 0 Å². The predicted octanol–water partition coefficient (Wildman–Crippen LogP) is 0.867. The van der Waals surface area contributed by atoms with Crippen molar-refractivity contribution < 1.29 is 18.6 Å². The van der Waals surface area contributed by atoms with Crippen molar-refractivity contribution in [3.05, 3.63) is 0 Å². The molecule has 1 saturated carbocycles. The average Bonchev–Trinajstić information content (AvgIpc) is 2.66. The standard InChI is InChI=1S/C11H22O4S/c1-2-16(14,15)9-5-6-10(12)11(13)7-3-4-8-11/h10,12-13H,2-9H2,1H3. The lowest BCUT2D eigenvalue weighted by Crippen LogP contribution is -2.39. The Hall–Kier alpha value is -0.130. The summed E-state index contributed by atoms with van der Waals surface area (Å²) in [5.41, 5.74) is -0.962. The maximum absolute atomic E-state index is 11.2.